The predicted octanol–water partition coefficient (Wildman–Crippen LogP) is 3.30. The molecule has 0 fully saturated rings. The molecule has 0 aromatic heterocycles. The van der Waals surface area contributed by atoms with Crippen molar-refractivity contribution in [3.8, 4) is 11.5 Å². The molecular formula is C17H15F3N2O4. The molecule has 0 bridgehead atoms. The molecule has 9 heteroatoms. The topological polar surface area (TPSA) is 87.7 Å². The van der Waals surface area contributed by atoms with Gasteiger partial charge in [-0.05, 0) is 43.3 Å². The van der Waals surface area contributed by atoms with Crippen molar-refractivity contribution in [2.45, 2.75) is 19.2 Å². The number of hydrogen-bond donors (Lipinski definition) is 3. The molecule has 0 saturated carbocycles. The molecule has 2 aromatic carbocycles. The number of ether oxygens (including phenoxy) is 1. The van der Waals surface area contributed by atoms with Gasteiger partial charge >= 0.3 is 12.1 Å². The number of alkyl halides is 3. The maximum Gasteiger partial charge on any atom is 0.471 e. The first-order valence-electron chi connectivity index (χ1n) is 7.40. The standard InChI is InChI=1S/C17H15F3N2O4/c1-10(26-12-8-6-11(23)7-9-12)15(24)21-13-4-2-3-5-14(13)22-16(25)17(18,19)20/h2-10,23H,1H3,(H,21,24)(H,22,25). The number of phenolic OH excluding ortho intramolecular Hbond substituents is 1. The second kappa shape index (κ2) is 7.77. The first-order chi connectivity index (χ1) is 12.2. The summed E-state index contributed by atoms with van der Waals surface area (Å²) in [6.45, 7) is 1.44. The number of carbonyl (C=O) groups is 2. The summed E-state index contributed by atoms with van der Waals surface area (Å²) in [6.07, 6.45) is -6.03. The summed E-state index contributed by atoms with van der Waals surface area (Å²) >= 11 is 0. The van der Waals surface area contributed by atoms with Gasteiger partial charge in [0, 0.05) is 0 Å². The Balaban J connectivity index is 2.06. The largest absolute Gasteiger partial charge is 0.508 e. The summed E-state index contributed by atoms with van der Waals surface area (Å²) < 4.78 is 42.6. The number of anilines is 2. The van der Waals surface area contributed by atoms with E-state index in [1.54, 1.807) is 5.32 Å². The van der Waals surface area contributed by atoms with Crippen molar-refractivity contribution >= 4 is 23.2 Å². The van der Waals surface area contributed by atoms with Gasteiger partial charge < -0.3 is 20.5 Å². The van der Waals surface area contributed by atoms with E-state index in [1.165, 1.54) is 55.5 Å². The minimum atomic E-state index is -5.05. The molecule has 0 aliphatic rings. The van der Waals surface area contributed by atoms with Crippen molar-refractivity contribution in [2.75, 3.05) is 10.6 Å². The average Bonchev–Trinajstić information content (AvgIpc) is 2.57. The van der Waals surface area contributed by atoms with E-state index >= 15 is 0 Å². The molecule has 26 heavy (non-hydrogen) atoms. The fourth-order valence-electron chi connectivity index (χ4n) is 1.91. The van der Waals surface area contributed by atoms with E-state index in [1.807, 2.05) is 0 Å². The highest BCUT2D eigenvalue weighted by Gasteiger charge is 2.39. The maximum atomic E-state index is 12.4. The first kappa shape index (κ1) is 19.1. The van der Waals surface area contributed by atoms with Gasteiger partial charge in [-0.1, -0.05) is 12.1 Å². The van der Waals surface area contributed by atoms with Gasteiger partial charge in [0.05, 0.1) is 11.4 Å². The third-order valence-corrected chi connectivity index (χ3v) is 3.21. The minimum absolute atomic E-state index is 0.00347. The summed E-state index contributed by atoms with van der Waals surface area (Å²) in [7, 11) is 0. The van der Waals surface area contributed by atoms with Gasteiger partial charge in [-0.15, -0.1) is 0 Å². The molecule has 138 valence electrons. The molecule has 0 spiro atoms. The van der Waals surface area contributed by atoms with E-state index < -0.39 is 24.1 Å². The Kier molecular flexibility index (Phi) is 5.71. The normalized spacial score (nSPS) is 12.2. The Morgan fingerprint density at radius 2 is 1.54 bits per heavy atom. The zero-order valence-electron chi connectivity index (χ0n) is 13.5. The van der Waals surface area contributed by atoms with Crippen molar-refractivity contribution in [3.05, 3.63) is 48.5 Å². The monoisotopic (exact) mass is 368 g/mol. The van der Waals surface area contributed by atoms with Crippen LogP contribution in [0.15, 0.2) is 48.5 Å². The molecule has 2 amide bonds. The average molecular weight is 368 g/mol. The van der Waals surface area contributed by atoms with Gasteiger partial charge in [-0.3, -0.25) is 9.59 Å². The number of phenols is 1. The van der Waals surface area contributed by atoms with Crippen molar-refractivity contribution in [1.29, 1.82) is 0 Å². The number of benzene rings is 2. The Hall–Kier alpha value is -3.23. The van der Waals surface area contributed by atoms with Crippen molar-refractivity contribution in [1.82, 2.24) is 0 Å². The summed E-state index contributed by atoms with van der Waals surface area (Å²) in [6, 6.07) is 11.1. The number of halogens is 3. The molecule has 0 saturated heterocycles. The Morgan fingerprint density at radius 3 is 2.08 bits per heavy atom. The second-order valence-corrected chi connectivity index (χ2v) is 5.24. The van der Waals surface area contributed by atoms with Crippen LogP contribution in [-0.4, -0.2) is 29.2 Å². The van der Waals surface area contributed by atoms with Crippen LogP contribution in [0.2, 0.25) is 0 Å². The number of carbonyl (C=O) groups excluding carboxylic acids is 2. The fourth-order valence-corrected chi connectivity index (χ4v) is 1.91. The van der Waals surface area contributed by atoms with Gasteiger partial charge in [-0.25, -0.2) is 0 Å². The molecular weight excluding hydrogens is 353 g/mol. The smallest absolute Gasteiger partial charge is 0.471 e. The third kappa shape index (κ3) is 5.13. The molecule has 3 N–H and O–H groups in total. The molecule has 0 aliphatic carbocycles. The first-order valence-corrected chi connectivity index (χ1v) is 7.40. The molecule has 1 atom stereocenters. The van der Waals surface area contributed by atoms with Gasteiger partial charge in [0.25, 0.3) is 5.91 Å². The van der Waals surface area contributed by atoms with Crippen molar-refractivity contribution in [3.63, 3.8) is 0 Å². The van der Waals surface area contributed by atoms with E-state index in [4.69, 9.17) is 4.74 Å². The predicted molar refractivity (Wildman–Crippen MR) is 88.0 cm³/mol. The summed E-state index contributed by atoms with van der Waals surface area (Å²) in [5.74, 6) is -2.42. The highest BCUT2D eigenvalue weighted by Crippen LogP contribution is 2.25. The SMILES string of the molecule is CC(Oc1ccc(O)cc1)C(=O)Nc1ccccc1NC(=O)C(F)(F)F. The van der Waals surface area contributed by atoms with E-state index in [9.17, 15) is 27.9 Å². The zero-order chi connectivity index (χ0) is 19.3. The minimum Gasteiger partial charge on any atom is -0.508 e. The number of hydrogen-bond acceptors (Lipinski definition) is 4. The van der Waals surface area contributed by atoms with E-state index in [0.717, 1.165) is 0 Å². The molecule has 1 unspecified atom stereocenters. The van der Waals surface area contributed by atoms with Crippen LogP contribution >= 0.6 is 0 Å². The van der Waals surface area contributed by atoms with E-state index in [0.29, 0.717) is 5.75 Å². The summed E-state index contributed by atoms with van der Waals surface area (Å²) in [5, 5.41) is 13.3. The van der Waals surface area contributed by atoms with Crippen LogP contribution in [0.25, 0.3) is 0 Å². The second-order valence-electron chi connectivity index (χ2n) is 5.24. The highest BCUT2D eigenvalue weighted by molar-refractivity contribution is 6.02. The van der Waals surface area contributed by atoms with E-state index in [-0.39, 0.29) is 17.1 Å². The van der Waals surface area contributed by atoms with Gasteiger partial charge in [0.2, 0.25) is 0 Å². The van der Waals surface area contributed by atoms with E-state index in [2.05, 4.69) is 5.32 Å². The summed E-state index contributed by atoms with van der Waals surface area (Å²) in [5.41, 5.74) is -0.198. The number of para-hydroxylation sites is 2. The van der Waals surface area contributed by atoms with Crippen molar-refractivity contribution < 1.29 is 32.6 Å². The van der Waals surface area contributed by atoms with Crippen LogP contribution in [0.3, 0.4) is 0 Å². The number of nitrogens with one attached hydrogen (secondary N) is 2. The van der Waals surface area contributed by atoms with Gasteiger partial charge in [0.15, 0.2) is 6.10 Å². The lowest BCUT2D eigenvalue weighted by Crippen LogP contribution is -2.32. The summed E-state index contributed by atoms with van der Waals surface area (Å²) in [4.78, 5) is 23.3. The molecule has 2 aromatic rings. The number of amides is 2. The third-order valence-electron chi connectivity index (χ3n) is 3.21. The fraction of sp³-hybridized carbons (Fsp3) is 0.176. The highest BCUT2D eigenvalue weighted by atomic mass is 19.4. The van der Waals surface area contributed by atoms with Crippen LogP contribution in [0.4, 0.5) is 24.5 Å². The lowest BCUT2D eigenvalue weighted by molar-refractivity contribution is -0.167. The lowest BCUT2D eigenvalue weighted by atomic mass is 10.2. The van der Waals surface area contributed by atoms with Crippen molar-refractivity contribution in [2.24, 2.45) is 0 Å². The molecule has 0 radical (unpaired) electrons. The van der Waals surface area contributed by atoms with Crippen LogP contribution in [0.5, 0.6) is 11.5 Å². The molecule has 6 nitrogen and oxygen atoms in total. The number of aromatic hydroxyl groups is 1. The van der Waals surface area contributed by atoms with Crippen LogP contribution in [0.1, 0.15) is 6.92 Å². The van der Waals surface area contributed by atoms with Crippen LogP contribution < -0.4 is 15.4 Å². The van der Waals surface area contributed by atoms with Crippen LogP contribution in [0, 0.1) is 0 Å². The lowest BCUT2D eigenvalue weighted by Gasteiger charge is -2.17. The molecule has 0 heterocycles. The Morgan fingerprint density at radius 1 is 1.00 bits per heavy atom. The quantitative estimate of drug-likeness (QED) is 0.756. The Labute approximate surface area is 146 Å². The maximum absolute atomic E-state index is 12.4. The molecule has 2 rings (SSSR count). The zero-order valence-corrected chi connectivity index (χ0v) is 13.5. The van der Waals surface area contributed by atoms with Gasteiger partial charge in [-0.2, -0.15) is 13.2 Å². The molecule has 0 aliphatic heterocycles. The van der Waals surface area contributed by atoms with Crippen LogP contribution in [-0.2, 0) is 9.59 Å². The van der Waals surface area contributed by atoms with Gasteiger partial charge in [0.1, 0.15) is 11.5 Å². The number of rotatable bonds is 5. The Bertz CT molecular complexity index is 791.